The van der Waals surface area contributed by atoms with E-state index in [4.69, 9.17) is 14.8 Å². The van der Waals surface area contributed by atoms with E-state index in [1.165, 1.54) is 6.07 Å². The van der Waals surface area contributed by atoms with Gasteiger partial charge in [0.15, 0.2) is 0 Å². The molecule has 1 aromatic carbocycles. The van der Waals surface area contributed by atoms with Crippen molar-refractivity contribution in [2.24, 2.45) is 0 Å². The number of carbonyl (C=O) groups is 1. The first-order valence-corrected chi connectivity index (χ1v) is 5.28. The second-order valence-corrected chi connectivity index (χ2v) is 3.81. The summed E-state index contributed by atoms with van der Waals surface area (Å²) >= 11 is 0. The second-order valence-electron chi connectivity index (χ2n) is 3.81. The number of hydrogen-bond donors (Lipinski definition) is 1. The summed E-state index contributed by atoms with van der Waals surface area (Å²) in [6.45, 7) is 1.71. The van der Waals surface area contributed by atoms with Crippen molar-refractivity contribution < 1.29 is 14.3 Å². The normalized spacial score (nSPS) is 10.7. The van der Waals surface area contributed by atoms with Gasteiger partial charge in [-0.15, -0.1) is 0 Å². The van der Waals surface area contributed by atoms with Crippen molar-refractivity contribution in [3.8, 4) is 6.07 Å². The fraction of sp³-hybridized carbons (Fsp3) is 0.0769. The van der Waals surface area contributed by atoms with E-state index in [1.807, 2.05) is 6.07 Å². The number of benzene rings is 1. The Morgan fingerprint density at radius 2 is 2.26 bits per heavy atom. The molecule has 94 valence electrons. The highest BCUT2D eigenvalue weighted by atomic mass is 16.4. The predicted molar refractivity (Wildman–Crippen MR) is 66.4 cm³/mol. The van der Waals surface area contributed by atoms with Crippen molar-refractivity contribution >= 4 is 22.9 Å². The van der Waals surface area contributed by atoms with E-state index in [0.29, 0.717) is 16.6 Å². The van der Waals surface area contributed by atoms with Gasteiger partial charge in [-0.1, -0.05) is 0 Å². The van der Waals surface area contributed by atoms with Crippen LogP contribution in [0.15, 0.2) is 27.4 Å². The summed E-state index contributed by atoms with van der Waals surface area (Å²) in [5, 5.41) is 17.5. The Kier molecular flexibility index (Phi) is 3.12. The van der Waals surface area contributed by atoms with Gasteiger partial charge in [-0.2, -0.15) is 5.26 Å². The molecule has 1 heterocycles. The van der Waals surface area contributed by atoms with Crippen molar-refractivity contribution in [3.05, 3.63) is 45.6 Å². The summed E-state index contributed by atoms with van der Waals surface area (Å²) in [6.07, 6.45) is 1.93. The number of aromatic nitrogens is 1. The Bertz CT molecular complexity index is 797. The molecule has 0 bridgehead atoms. The molecule has 0 amide bonds. The number of carboxylic acids is 1. The number of nitriles is 1. The van der Waals surface area contributed by atoms with Crippen LogP contribution in [0.1, 0.15) is 17.0 Å². The topological polar surface area (TPSA) is 104 Å². The van der Waals surface area contributed by atoms with Crippen LogP contribution in [0.5, 0.6) is 0 Å². The van der Waals surface area contributed by atoms with Crippen molar-refractivity contribution in [2.45, 2.75) is 6.92 Å². The van der Waals surface area contributed by atoms with Gasteiger partial charge < -0.3 is 9.52 Å². The third-order valence-corrected chi connectivity index (χ3v) is 2.44. The molecule has 2 rings (SSSR count). The monoisotopic (exact) mass is 256 g/mol. The maximum absolute atomic E-state index is 11.8. The molecule has 2 aromatic rings. The van der Waals surface area contributed by atoms with Crippen molar-refractivity contribution in [1.29, 1.82) is 5.26 Å². The lowest BCUT2D eigenvalue weighted by Gasteiger charge is -2.01. The Morgan fingerprint density at radius 3 is 2.89 bits per heavy atom. The molecule has 0 spiro atoms. The lowest BCUT2D eigenvalue weighted by atomic mass is 10.1. The van der Waals surface area contributed by atoms with E-state index in [9.17, 15) is 9.59 Å². The number of aliphatic carboxylic acids is 1. The molecule has 19 heavy (non-hydrogen) atoms. The minimum atomic E-state index is -1.17. The largest absolute Gasteiger partial charge is 0.478 e. The average molecular weight is 256 g/mol. The van der Waals surface area contributed by atoms with Crippen LogP contribution in [0, 0.1) is 18.3 Å². The van der Waals surface area contributed by atoms with Crippen LogP contribution >= 0.6 is 0 Å². The smallest absolute Gasteiger partial charge is 0.347 e. The van der Waals surface area contributed by atoms with E-state index >= 15 is 0 Å². The van der Waals surface area contributed by atoms with Crippen LogP contribution in [0.3, 0.4) is 0 Å². The third-order valence-electron chi connectivity index (χ3n) is 2.44. The highest BCUT2D eigenvalue weighted by Crippen LogP contribution is 2.16. The summed E-state index contributed by atoms with van der Waals surface area (Å²) in [7, 11) is 0. The molecule has 6 nitrogen and oxygen atoms in total. The number of nitrogens with zero attached hydrogens (tertiary/aromatic N) is 2. The highest BCUT2D eigenvalue weighted by Gasteiger charge is 2.09. The van der Waals surface area contributed by atoms with E-state index in [0.717, 1.165) is 12.2 Å². The minimum Gasteiger partial charge on any atom is -0.478 e. The van der Waals surface area contributed by atoms with Crippen LogP contribution in [0.4, 0.5) is 0 Å². The van der Waals surface area contributed by atoms with Crippen LogP contribution in [-0.4, -0.2) is 16.1 Å². The Morgan fingerprint density at radius 1 is 1.53 bits per heavy atom. The van der Waals surface area contributed by atoms with E-state index in [2.05, 4.69) is 4.98 Å². The van der Waals surface area contributed by atoms with Crippen LogP contribution in [0.2, 0.25) is 0 Å². The zero-order chi connectivity index (χ0) is 14.0. The standard InChI is InChI=1S/C13H8N2O4/c1-7-4-8(6-14)5-9-12(7)15-10(19-13(9)18)2-3-11(16)17/h2-5H,1H3,(H,16,17)/b3-2+. The van der Waals surface area contributed by atoms with Crippen LogP contribution < -0.4 is 5.63 Å². The lowest BCUT2D eigenvalue weighted by molar-refractivity contribution is -0.131. The van der Waals surface area contributed by atoms with E-state index in [-0.39, 0.29) is 11.3 Å². The first-order valence-electron chi connectivity index (χ1n) is 5.28. The molecule has 0 unspecified atom stereocenters. The highest BCUT2D eigenvalue weighted by molar-refractivity contribution is 5.86. The first-order chi connectivity index (χ1) is 9.01. The van der Waals surface area contributed by atoms with Gasteiger partial charge in [-0.05, 0) is 24.6 Å². The summed E-state index contributed by atoms with van der Waals surface area (Å²) < 4.78 is 4.87. The summed E-state index contributed by atoms with van der Waals surface area (Å²) in [6, 6.07) is 4.93. The Hall–Kier alpha value is -2.94. The number of hydrogen-bond acceptors (Lipinski definition) is 5. The molecule has 0 saturated carbocycles. The van der Waals surface area contributed by atoms with Crippen molar-refractivity contribution in [2.75, 3.05) is 0 Å². The van der Waals surface area contributed by atoms with Gasteiger partial charge in [0, 0.05) is 12.2 Å². The predicted octanol–water partition coefficient (Wildman–Crippen LogP) is 1.47. The molecule has 0 aliphatic carbocycles. The summed E-state index contributed by atoms with van der Waals surface area (Å²) in [4.78, 5) is 26.2. The molecule has 0 fully saturated rings. The molecular formula is C13H8N2O4. The van der Waals surface area contributed by atoms with Gasteiger partial charge in [-0.25, -0.2) is 14.6 Å². The van der Waals surface area contributed by atoms with Crippen LogP contribution in [-0.2, 0) is 4.79 Å². The van der Waals surface area contributed by atoms with E-state index in [1.54, 1.807) is 13.0 Å². The van der Waals surface area contributed by atoms with Gasteiger partial charge in [0.1, 0.15) is 0 Å². The van der Waals surface area contributed by atoms with Crippen molar-refractivity contribution in [3.63, 3.8) is 0 Å². The van der Waals surface area contributed by atoms with E-state index < -0.39 is 11.6 Å². The van der Waals surface area contributed by atoms with Gasteiger partial charge in [0.2, 0.25) is 5.89 Å². The summed E-state index contributed by atoms with van der Waals surface area (Å²) in [5.41, 5.74) is 0.718. The van der Waals surface area contributed by atoms with Gasteiger partial charge in [0.25, 0.3) is 0 Å². The average Bonchev–Trinajstić information content (AvgIpc) is 2.37. The maximum Gasteiger partial charge on any atom is 0.347 e. The molecule has 0 atom stereocenters. The number of aryl methyl sites for hydroxylation is 1. The molecule has 0 aliphatic rings. The molecule has 1 aromatic heterocycles. The quantitative estimate of drug-likeness (QED) is 0.816. The molecule has 6 heteroatoms. The molecule has 1 N–H and O–H groups in total. The molecular weight excluding hydrogens is 248 g/mol. The Balaban J connectivity index is 2.71. The number of fused-ring (bicyclic) bond motifs is 1. The van der Waals surface area contributed by atoms with Gasteiger partial charge in [-0.3, -0.25) is 0 Å². The number of carboxylic acid groups (broad SMARTS) is 1. The maximum atomic E-state index is 11.8. The lowest BCUT2D eigenvalue weighted by Crippen LogP contribution is -2.05. The van der Waals surface area contributed by atoms with Crippen LogP contribution in [0.25, 0.3) is 17.0 Å². The first kappa shape index (κ1) is 12.5. The van der Waals surface area contributed by atoms with Gasteiger partial charge >= 0.3 is 11.6 Å². The zero-order valence-corrected chi connectivity index (χ0v) is 9.88. The third kappa shape index (κ3) is 2.50. The Labute approximate surface area is 107 Å². The fourth-order valence-corrected chi connectivity index (χ4v) is 1.64. The van der Waals surface area contributed by atoms with Crippen molar-refractivity contribution in [1.82, 2.24) is 4.98 Å². The number of rotatable bonds is 2. The van der Waals surface area contributed by atoms with Gasteiger partial charge in [0.05, 0.1) is 22.5 Å². The zero-order valence-electron chi connectivity index (χ0n) is 9.88. The summed E-state index contributed by atoms with van der Waals surface area (Å²) in [5.74, 6) is -1.26. The molecule has 0 radical (unpaired) electrons. The fourth-order valence-electron chi connectivity index (χ4n) is 1.64. The minimum absolute atomic E-state index is 0.0901. The molecule has 0 aliphatic heterocycles. The SMILES string of the molecule is Cc1cc(C#N)cc2c(=O)oc(/C=C/C(=O)O)nc12. The molecule has 0 saturated heterocycles. The second kappa shape index (κ2) is 4.74.